The Morgan fingerprint density at radius 1 is 0.931 bits per heavy atom. The van der Waals surface area contributed by atoms with Crippen LogP contribution in [-0.4, -0.2) is 21.4 Å². The van der Waals surface area contributed by atoms with E-state index in [2.05, 4.69) is 22.5 Å². The number of hydrogen-bond acceptors (Lipinski definition) is 4. The molecule has 1 amide bonds. The van der Waals surface area contributed by atoms with Crippen LogP contribution in [0.1, 0.15) is 27.8 Å². The van der Waals surface area contributed by atoms with Gasteiger partial charge < -0.3 is 5.32 Å². The Hall–Kier alpha value is -2.86. The van der Waals surface area contributed by atoms with Gasteiger partial charge in [0.05, 0.1) is 11.4 Å². The van der Waals surface area contributed by atoms with Crippen molar-refractivity contribution < 1.29 is 4.79 Å². The third-order valence-electron chi connectivity index (χ3n) is 4.80. The van der Waals surface area contributed by atoms with Crippen molar-refractivity contribution in [3.8, 4) is 5.69 Å². The highest BCUT2D eigenvalue weighted by atomic mass is 32.2. The minimum atomic E-state index is -0.201. The fraction of sp³-hybridized carbons (Fsp3) is 0.261. The molecular formula is C23H25N3O2S. The zero-order valence-corrected chi connectivity index (χ0v) is 18.2. The van der Waals surface area contributed by atoms with Crippen LogP contribution >= 0.6 is 11.8 Å². The van der Waals surface area contributed by atoms with Crippen LogP contribution < -0.4 is 10.9 Å². The van der Waals surface area contributed by atoms with E-state index in [1.54, 1.807) is 6.07 Å². The number of carbonyl (C=O) groups excluding carboxylic acids is 1. The zero-order chi connectivity index (χ0) is 21.1. The second-order valence-electron chi connectivity index (χ2n) is 7.30. The lowest BCUT2D eigenvalue weighted by atomic mass is 10.1. The van der Waals surface area contributed by atoms with Gasteiger partial charge in [-0.3, -0.25) is 9.59 Å². The van der Waals surface area contributed by atoms with Gasteiger partial charge in [-0.1, -0.05) is 35.5 Å². The van der Waals surface area contributed by atoms with Crippen molar-refractivity contribution in [2.75, 3.05) is 11.1 Å². The van der Waals surface area contributed by atoms with Crippen LogP contribution in [0, 0.1) is 34.6 Å². The molecule has 3 aromatic rings. The number of aromatic nitrogens is 2. The fourth-order valence-corrected chi connectivity index (χ4v) is 3.86. The molecule has 2 aromatic carbocycles. The lowest BCUT2D eigenvalue weighted by molar-refractivity contribution is -0.113. The van der Waals surface area contributed by atoms with Crippen LogP contribution in [0.15, 0.2) is 52.3 Å². The number of rotatable bonds is 5. The van der Waals surface area contributed by atoms with Crippen molar-refractivity contribution in [1.82, 2.24) is 9.78 Å². The molecule has 0 bridgehead atoms. The van der Waals surface area contributed by atoms with Crippen LogP contribution in [0.4, 0.5) is 5.69 Å². The van der Waals surface area contributed by atoms with Gasteiger partial charge in [0.25, 0.3) is 5.56 Å². The summed E-state index contributed by atoms with van der Waals surface area (Å²) in [6, 6.07) is 13.0. The number of hydrogen-bond donors (Lipinski definition) is 1. The molecule has 0 fully saturated rings. The summed E-state index contributed by atoms with van der Waals surface area (Å²) in [5, 5.41) is 8.04. The quantitative estimate of drug-likeness (QED) is 0.632. The molecule has 6 heteroatoms. The molecule has 0 saturated heterocycles. The molecule has 29 heavy (non-hydrogen) atoms. The van der Waals surface area contributed by atoms with E-state index < -0.39 is 0 Å². The van der Waals surface area contributed by atoms with E-state index in [4.69, 9.17) is 0 Å². The average Bonchev–Trinajstić information content (AvgIpc) is 2.66. The van der Waals surface area contributed by atoms with E-state index in [1.807, 2.05) is 52.8 Å². The molecule has 0 atom stereocenters. The number of anilines is 1. The molecule has 0 spiro atoms. The van der Waals surface area contributed by atoms with Gasteiger partial charge in [0.1, 0.15) is 5.03 Å². The minimum Gasteiger partial charge on any atom is -0.325 e. The van der Waals surface area contributed by atoms with Crippen LogP contribution in [0.2, 0.25) is 0 Å². The second-order valence-corrected chi connectivity index (χ2v) is 8.30. The Balaban J connectivity index is 1.74. The van der Waals surface area contributed by atoms with Gasteiger partial charge in [-0.2, -0.15) is 9.78 Å². The maximum absolute atomic E-state index is 12.5. The maximum Gasteiger partial charge on any atom is 0.271 e. The van der Waals surface area contributed by atoms with Crippen LogP contribution in [0.25, 0.3) is 5.69 Å². The number of benzene rings is 2. The van der Waals surface area contributed by atoms with Gasteiger partial charge in [-0.05, 0) is 75.1 Å². The molecule has 5 nitrogen and oxygen atoms in total. The third kappa shape index (κ3) is 4.95. The minimum absolute atomic E-state index is 0.101. The predicted molar refractivity (Wildman–Crippen MR) is 119 cm³/mol. The fourth-order valence-electron chi connectivity index (χ4n) is 3.21. The molecule has 150 valence electrons. The van der Waals surface area contributed by atoms with Gasteiger partial charge in [0.2, 0.25) is 5.91 Å². The Bertz CT molecular complexity index is 1110. The molecule has 0 radical (unpaired) electrons. The van der Waals surface area contributed by atoms with Gasteiger partial charge in [-0.15, -0.1) is 0 Å². The van der Waals surface area contributed by atoms with Gasteiger partial charge in [0, 0.05) is 11.8 Å². The summed E-state index contributed by atoms with van der Waals surface area (Å²) in [7, 11) is 0. The first-order valence-electron chi connectivity index (χ1n) is 9.43. The van der Waals surface area contributed by atoms with E-state index >= 15 is 0 Å². The highest BCUT2D eigenvalue weighted by Gasteiger charge is 2.11. The summed E-state index contributed by atoms with van der Waals surface area (Å²) in [4.78, 5) is 24.7. The highest BCUT2D eigenvalue weighted by molar-refractivity contribution is 7.99. The van der Waals surface area contributed by atoms with Gasteiger partial charge in [0.15, 0.2) is 0 Å². The summed E-state index contributed by atoms with van der Waals surface area (Å²) in [6.07, 6.45) is 0. The zero-order valence-electron chi connectivity index (χ0n) is 17.4. The summed E-state index contributed by atoms with van der Waals surface area (Å²) in [5.74, 6) is 0.112. The van der Waals surface area contributed by atoms with E-state index in [0.717, 1.165) is 33.6 Å². The SMILES string of the molecule is Cc1cc(C)c(NC(=O)CSc2ccc(=O)n(-c3ccc(C)c(C)c3)n2)c(C)c1. The first kappa shape index (κ1) is 20.9. The summed E-state index contributed by atoms with van der Waals surface area (Å²) in [5.41, 5.74) is 6.89. The van der Waals surface area contributed by atoms with Crippen LogP contribution in [0.3, 0.4) is 0 Å². The number of nitrogens with one attached hydrogen (secondary N) is 1. The standard InChI is InChI=1S/C23H25N3O2S/c1-14-10-17(4)23(18(5)11-14)24-20(27)13-29-21-8-9-22(28)26(25-21)19-7-6-15(2)16(3)12-19/h6-12H,13H2,1-5H3,(H,24,27). The summed E-state index contributed by atoms with van der Waals surface area (Å²) < 4.78 is 1.38. The molecule has 0 aliphatic heterocycles. The third-order valence-corrected chi connectivity index (χ3v) is 5.72. The highest BCUT2D eigenvalue weighted by Crippen LogP contribution is 2.23. The number of carbonyl (C=O) groups is 1. The molecule has 0 unspecified atom stereocenters. The largest absolute Gasteiger partial charge is 0.325 e. The summed E-state index contributed by atoms with van der Waals surface area (Å²) >= 11 is 1.30. The first-order chi connectivity index (χ1) is 13.7. The smallest absolute Gasteiger partial charge is 0.271 e. The molecule has 1 aromatic heterocycles. The van der Waals surface area contributed by atoms with Crippen LogP contribution in [-0.2, 0) is 4.79 Å². The predicted octanol–water partition coefficient (Wildman–Crippen LogP) is 4.51. The molecular weight excluding hydrogens is 382 g/mol. The number of aryl methyl sites for hydroxylation is 5. The Kier molecular flexibility index (Phi) is 6.23. The van der Waals surface area contributed by atoms with E-state index in [-0.39, 0.29) is 17.2 Å². The van der Waals surface area contributed by atoms with Crippen molar-refractivity contribution in [3.05, 3.63) is 80.6 Å². The monoisotopic (exact) mass is 407 g/mol. The van der Waals surface area contributed by atoms with Crippen molar-refractivity contribution in [2.45, 2.75) is 39.6 Å². The van der Waals surface area contributed by atoms with Crippen molar-refractivity contribution >= 4 is 23.4 Å². The van der Waals surface area contributed by atoms with Gasteiger partial charge >= 0.3 is 0 Å². The maximum atomic E-state index is 12.5. The average molecular weight is 408 g/mol. The molecule has 1 heterocycles. The summed E-state index contributed by atoms with van der Waals surface area (Å²) in [6.45, 7) is 10.0. The number of thioether (sulfide) groups is 1. The molecule has 3 rings (SSSR count). The molecule has 0 saturated carbocycles. The van der Waals surface area contributed by atoms with Crippen molar-refractivity contribution in [1.29, 1.82) is 0 Å². The lowest BCUT2D eigenvalue weighted by Crippen LogP contribution is -2.21. The topological polar surface area (TPSA) is 64.0 Å². The Morgan fingerprint density at radius 3 is 2.28 bits per heavy atom. The first-order valence-corrected chi connectivity index (χ1v) is 10.4. The molecule has 1 N–H and O–H groups in total. The Morgan fingerprint density at radius 2 is 1.62 bits per heavy atom. The van der Waals surface area contributed by atoms with Crippen molar-refractivity contribution in [3.63, 3.8) is 0 Å². The van der Waals surface area contributed by atoms with E-state index in [9.17, 15) is 9.59 Å². The normalized spacial score (nSPS) is 10.8. The lowest BCUT2D eigenvalue weighted by Gasteiger charge is -2.13. The Labute approximate surface area is 175 Å². The van der Waals surface area contributed by atoms with Gasteiger partial charge in [-0.25, -0.2) is 0 Å². The van der Waals surface area contributed by atoms with Crippen molar-refractivity contribution in [2.24, 2.45) is 0 Å². The number of nitrogens with zero attached hydrogens (tertiary/aromatic N) is 2. The van der Waals surface area contributed by atoms with E-state index in [1.165, 1.54) is 28.1 Å². The number of amides is 1. The molecule has 0 aliphatic carbocycles. The second kappa shape index (κ2) is 8.66. The van der Waals surface area contributed by atoms with Crippen LogP contribution in [0.5, 0.6) is 0 Å². The van der Waals surface area contributed by atoms with E-state index in [0.29, 0.717) is 5.03 Å². The molecule has 0 aliphatic rings.